The SMILES string of the molecule is Cc1ccc([N+](=O)[O-])c(NC(C(=O)O)C2CC2)n1. The number of anilines is 1. The van der Waals surface area contributed by atoms with Crippen LogP contribution in [0.15, 0.2) is 12.1 Å². The molecule has 96 valence electrons. The van der Waals surface area contributed by atoms with Crippen LogP contribution in [0.2, 0.25) is 0 Å². The van der Waals surface area contributed by atoms with Gasteiger partial charge in [-0.1, -0.05) is 0 Å². The number of aliphatic carboxylic acids is 1. The molecule has 1 unspecified atom stereocenters. The number of pyridine rings is 1. The van der Waals surface area contributed by atoms with E-state index in [1.165, 1.54) is 12.1 Å². The lowest BCUT2D eigenvalue weighted by Crippen LogP contribution is -2.32. The van der Waals surface area contributed by atoms with E-state index in [0.717, 1.165) is 12.8 Å². The Balaban J connectivity index is 2.28. The number of nitrogens with zero attached hydrogens (tertiary/aromatic N) is 2. The first kappa shape index (κ1) is 12.3. The van der Waals surface area contributed by atoms with Crippen LogP contribution < -0.4 is 5.32 Å². The summed E-state index contributed by atoms with van der Waals surface area (Å²) >= 11 is 0. The highest BCUT2D eigenvalue weighted by Crippen LogP contribution is 2.35. The second kappa shape index (κ2) is 4.59. The van der Waals surface area contributed by atoms with Gasteiger partial charge in [0.2, 0.25) is 5.82 Å². The summed E-state index contributed by atoms with van der Waals surface area (Å²) in [6.45, 7) is 1.70. The molecular formula is C11H13N3O4. The van der Waals surface area contributed by atoms with Crippen molar-refractivity contribution in [2.45, 2.75) is 25.8 Å². The van der Waals surface area contributed by atoms with E-state index in [4.69, 9.17) is 5.11 Å². The Kier molecular flexibility index (Phi) is 3.14. The second-order valence-electron chi connectivity index (χ2n) is 4.38. The molecule has 1 saturated carbocycles. The summed E-state index contributed by atoms with van der Waals surface area (Å²) in [5.41, 5.74) is 0.399. The van der Waals surface area contributed by atoms with Crippen LogP contribution in [0.1, 0.15) is 18.5 Å². The van der Waals surface area contributed by atoms with Crippen LogP contribution in [-0.4, -0.2) is 27.0 Å². The highest BCUT2D eigenvalue weighted by atomic mass is 16.6. The Labute approximate surface area is 103 Å². The van der Waals surface area contributed by atoms with Crippen LogP contribution in [0.3, 0.4) is 0 Å². The van der Waals surface area contributed by atoms with Gasteiger partial charge in [-0.15, -0.1) is 0 Å². The largest absolute Gasteiger partial charge is 0.480 e. The zero-order valence-electron chi connectivity index (χ0n) is 9.79. The number of rotatable bonds is 5. The fourth-order valence-electron chi connectivity index (χ4n) is 1.76. The summed E-state index contributed by atoms with van der Waals surface area (Å²) in [4.78, 5) is 25.4. The van der Waals surface area contributed by atoms with E-state index in [1.807, 2.05) is 0 Å². The average molecular weight is 251 g/mol. The van der Waals surface area contributed by atoms with Crippen molar-refractivity contribution in [1.82, 2.24) is 4.98 Å². The number of hydrogen-bond acceptors (Lipinski definition) is 5. The molecule has 0 amide bonds. The van der Waals surface area contributed by atoms with Gasteiger partial charge in [-0.2, -0.15) is 0 Å². The molecule has 0 radical (unpaired) electrons. The predicted molar refractivity (Wildman–Crippen MR) is 63.4 cm³/mol. The number of carboxylic acid groups (broad SMARTS) is 1. The standard InChI is InChI=1S/C11H13N3O4/c1-6-2-5-8(14(17)18)10(12-6)13-9(11(15)16)7-3-4-7/h2,5,7,9H,3-4H2,1H3,(H,12,13)(H,15,16). The van der Waals surface area contributed by atoms with Crippen molar-refractivity contribution in [1.29, 1.82) is 0 Å². The van der Waals surface area contributed by atoms with E-state index in [9.17, 15) is 14.9 Å². The zero-order valence-corrected chi connectivity index (χ0v) is 9.79. The first-order chi connectivity index (χ1) is 8.49. The number of hydrogen-bond donors (Lipinski definition) is 2. The summed E-state index contributed by atoms with van der Waals surface area (Å²) in [5, 5.41) is 22.6. The topological polar surface area (TPSA) is 105 Å². The third-order valence-electron chi connectivity index (χ3n) is 2.86. The molecule has 1 heterocycles. The molecule has 0 bridgehead atoms. The number of aromatic nitrogens is 1. The van der Waals surface area contributed by atoms with Gasteiger partial charge in [0.25, 0.3) is 0 Å². The van der Waals surface area contributed by atoms with Gasteiger partial charge < -0.3 is 10.4 Å². The Morgan fingerprint density at radius 3 is 2.78 bits per heavy atom. The minimum absolute atomic E-state index is 0.0271. The van der Waals surface area contributed by atoms with Gasteiger partial charge in [0.1, 0.15) is 6.04 Å². The minimum Gasteiger partial charge on any atom is -0.480 e. The van der Waals surface area contributed by atoms with Crippen molar-refractivity contribution in [2.75, 3.05) is 5.32 Å². The normalized spacial score (nSPS) is 16.1. The lowest BCUT2D eigenvalue weighted by Gasteiger charge is -2.14. The van der Waals surface area contributed by atoms with Crippen molar-refractivity contribution >= 4 is 17.5 Å². The first-order valence-electron chi connectivity index (χ1n) is 5.60. The molecule has 0 spiro atoms. The minimum atomic E-state index is -1.00. The maximum Gasteiger partial charge on any atom is 0.326 e. The number of carboxylic acids is 1. The molecule has 18 heavy (non-hydrogen) atoms. The van der Waals surface area contributed by atoms with Crippen LogP contribution >= 0.6 is 0 Å². The van der Waals surface area contributed by atoms with Gasteiger partial charge in [-0.25, -0.2) is 9.78 Å². The maximum atomic E-state index is 11.1. The summed E-state index contributed by atoms with van der Waals surface area (Å²) in [6, 6.07) is 2.05. The summed E-state index contributed by atoms with van der Waals surface area (Å²) < 4.78 is 0. The molecular weight excluding hydrogens is 238 g/mol. The maximum absolute atomic E-state index is 11.1. The Morgan fingerprint density at radius 1 is 1.61 bits per heavy atom. The fraction of sp³-hybridized carbons (Fsp3) is 0.455. The predicted octanol–water partition coefficient (Wildman–Crippen LogP) is 1.57. The number of nitro groups is 1. The number of carbonyl (C=O) groups is 1. The highest BCUT2D eigenvalue weighted by Gasteiger charge is 2.37. The van der Waals surface area contributed by atoms with E-state index in [2.05, 4.69) is 10.3 Å². The van der Waals surface area contributed by atoms with Crippen LogP contribution in [-0.2, 0) is 4.79 Å². The van der Waals surface area contributed by atoms with E-state index in [-0.39, 0.29) is 17.4 Å². The third kappa shape index (κ3) is 2.55. The van der Waals surface area contributed by atoms with E-state index >= 15 is 0 Å². The van der Waals surface area contributed by atoms with Gasteiger partial charge in [-0.3, -0.25) is 10.1 Å². The van der Waals surface area contributed by atoms with E-state index in [1.54, 1.807) is 6.92 Å². The molecule has 0 aromatic carbocycles. The zero-order chi connectivity index (χ0) is 13.3. The molecule has 7 heteroatoms. The molecule has 1 fully saturated rings. The van der Waals surface area contributed by atoms with Crippen molar-refractivity contribution in [2.24, 2.45) is 5.92 Å². The van der Waals surface area contributed by atoms with Gasteiger partial charge in [0.05, 0.1) is 4.92 Å². The molecule has 2 rings (SSSR count). The third-order valence-corrected chi connectivity index (χ3v) is 2.86. The summed E-state index contributed by atoms with van der Waals surface area (Å²) in [5.74, 6) is -0.946. The second-order valence-corrected chi connectivity index (χ2v) is 4.38. The monoisotopic (exact) mass is 251 g/mol. The lowest BCUT2D eigenvalue weighted by molar-refractivity contribution is -0.384. The van der Waals surface area contributed by atoms with Gasteiger partial charge in [-0.05, 0) is 31.7 Å². The van der Waals surface area contributed by atoms with Crippen LogP contribution in [0, 0.1) is 23.0 Å². The quantitative estimate of drug-likeness (QED) is 0.607. The van der Waals surface area contributed by atoms with Crippen LogP contribution in [0.5, 0.6) is 0 Å². The fourth-order valence-corrected chi connectivity index (χ4v) is 1.76. The molecule has 2 N–H and O–H groups in total. The number of aryl methyl sites for hydroxylation is 1. The van der Waals surface area contributed by atoms with Crippen LogP contribution in [0.4, 0.5) is 11.5 Å². The first-order valence-corrected chi connectivity index (χ1v) is 5.60. The highest BCUT2D eigenvalue weighted by molar-refractivity contribution is 5.79. The van der Waals surface area contributed by atoms with Crippen molar-refractivity contribution < 1.29 is 14.8 Å². The Hall–Kier alpha value is -2.18. The van der Waals surface area contributed by atoms with Crippen molar-refractivity contribution in [3.8, 4) is 0 Å². The van der Waals surface area contributed by atoms with E-state index < -0.39 is 16.9 Å². The lowest BCUT2D eigenvalue weighted by atomic mass is 10.2. The molecule has 1 aliphatic carbocycles. The van der Waals surface area contributed by atoms with Gasteiger partial charge >= 0.3 is 11.7 Å². The van der Waals surface area contributed by atoms with Crippen LogP contribution in [0.25, 0.3) is 0 Å². The summed E-state index contributed by atoms with van der Waals surface area (Å²) in [7, 11) is 0. The molecule has 1 aliphatic rings. The number of nitrogens with one attached hydrogen (secondary N) is 1. The van der Waals surface area contributed by atoms with Crippen molar-refractivity contribution in [3.05, 3.63) is 27.9 Å². The molecule has 7 nitrogen and oxygen atoms in total. The van der Waals surface area contributed by atoms with Crippen molar-refractivity contribution in [3.63, 3.8) is 0 Å². The smallest absolute Gasteiger partial charge is 0.326 e. The molecule has 1 aromatic heterocycles. The summed E-state index contributed by atoms with van der Waals surface area (Å²) in [6.07, 6.45) is 1.65. The molecule has 1 aromatic rings. The Morgan fingerprint density at radius 2 is 2.28 bits per heavy atom. The van der Waals surface area contributed by atoms with Gasteiger partial charge in [0.15, 0.2) is 0 Å². The average Bonchev–Trinajstić information content (AvgIpc) is 3.08. The molecule has 0 saturated heterocycles. The Bertz CT molecular complexity index is 499. The molecule has 0 aliphatic heterocycles. The van der Waals surface area contributed by atoms with Gasteiger partial charge in [0, 0.05) is 11.8 Å². The van der Waals surface area contributed by atoms with E-state index in [0.29, 0.717) is 5.69 Å². The molecule has 1 atom stereocenters.